The first-order valence-corrected chi connectivity index (χ1v) is 10.2. The zero-order chi connectivity index (χ0) is 18.7. The van der Waals surface area contributed by atoms with Gasteiger partial charge in [0, 0.05) is 5.75 Å². The minimum Gasteiger partial charge on any atom is -0.494 e. The first-order chi connectivity index (χ1) is 13.3. The summed E-state index contributed by atoms with van der Waals surface area (Å²) in [7, 11) is 0. The Labute approximate surface area is 164 Å². The maximum Gasteiger partial charge on any atom is 0.212 e. The number of hydrogen-bond donors (Lipinski definition) is 0. The lowest BCUT2D eigenvalue weighted by Crippen LogP contribution is -1.97. The Bertz CT molecular complexity index is 831. The lowest BCUT2D eigenvalue weighted by molar-refractivity contribution is 0.306. The predicted molar refractivity (Wildman–Crippen MR) is 110 cm³/mol. The number of nitrogens with zero attached hydrogens (tertiary/aromatic N) is 4. The van der Waals surface area contributed by atoms with Gasteiger partial charge in [0.1, 0.15) is 12.1 Å². The first kappa shape index (κ1) is 19.2. The van der Waals surface area contributed by atoms with E-state index in [4.69, 9.17) is 4.74 Å². The molecule has 0 radical (unpaired) electrons. The van der Waals surface area contributed by atoms with Crippen LogP contribution in [0, 0.1) is 0 Å². The van der Waals surface area contributed by atoms with E-state index in [1.54, 1.807) is 29.0 Å². The van der Waals surface area contributed by atoms with Crippen molar-refractivity contribution in [3.8, 4) is 5.75 Å². The van der Waals surface area contributed by atoms with Gasteiger partial charge in [0.15, 0.2) is 0 Å². The number of unbranched alkanes of at least 4 members (excludes halogenated alkanes) is 2. The molecule has 0 unspecified atom stereocenters. The van der Waals surface area contributed by atoms with Crippen LogP contribution in [0.25, 0.3) is 0 Å². The maximum absolute atomic E-state index is 5.73. The Morgan fingerprint density at radius 1 is 1.07 bits per heavy atom. The Morgan fingerprint density at radius 2 is 1.89 bits per heavy atom. The van der Waals surface area contributed by atoms with Gasteiger partial charge in [0.05, 0.1) is 12.8 Å². The summed E-state index contributed by atoms with van der Waals surface area (Å²) in [5.74, 6) is 1.73. The molecule has 0 amide bonds. The molecule has 1 heterocycles. The SMILES string of the molecule is CCCCCOc1ccc(/C=N\n2cnnc2SCc2ccccc2)cc1. The smallest absolute Gasteiger partial charge is 0.212 e. The molecule has 0 fully saturated rings. The number of aromatic nitrogens is 3. The van der Waals surface area contributed by atoms with Crippen molar-refractivity contribution in [2.45, 2.75) is 37.1 Å². The highest BCUT2D eigenvalue weighted by Gasteiger charge is 2.04. The normalized spacial score (nSPS) is 11.1. The summed E-state index contributed by atoms with van der Waals surface area (Å²) in [5.41, 5.74) is 2.25. The molecule has 1 aromatic heterocycles. The molecule has 3 rings (SSSR count). The highest BCUT2D eigenvalue weighted by molar-refractivity contribution is 7.98. The third kappa shape index (κ3) is 6.25. The molecule has 0 saturated heterocycles. The minimum absolute atomic E-state index is 0.768. The third-order valence-corrected chi connectivity index (χ3v) is 4.94. The minimum atomic E-state index is 0.768. The van der Waals surface area contributed by atoms with Gasteiger partial charge in [0.25, 0.3) is 0 Å². The van der Waals surface area contributed by atoms with Crippen molar-refractivity contribution >= 4 is 18.0 Å². The highest BCUT2D eigenvalue weighted by atomic mass is 32.2. The van der Waals surface area contributed by atoms with Gasteiger partial charge < -0.3 is 4.74 Å². The fourth-order valence-electron chi connectivity index (χ4n) is 2.44. The van der Waals surface area contributed by atoms with E-state index in [1.807, 2.05) is 42.5 Å². The van der Waals surface area contributed by atoms with Crippen molar-refractivity contribution in [3.05, 3.63) is 72.1 Å². The average molecular weight is 381 g/mol. The van der Waals surface area contributed by atoms with Crippen molar-refractivity contribution in [1.29, 1.82) is 0 Å². The monoisotopic (exact) mass is 380 g/mol. The van der Waals surface area contributed by atoms with Gasteiger partial charge in [-0.15, -0.1) is 10.2 Å². The zero-order valence-electron chi connectivity index (χ0n) is 15.5. The van der Waals surface area contributed by atoms with E-state index in [2.05, 4.69) is 34.4 Å². The van der Waals surface area contributed by atoms with Crippen molar-refractivity contribution < 1.29 is 4.74 Å². The molecule has 0 saturated carbocycles. The molecular formula is C21H24N4OS. The second-order valence-corrected chi connectivity index (χ2v) is 7.04. The molecule has 6 heteroatoms. The first-order valence-electron chi connectivity index (χ1n) is 9.19. The van der Waals surface area contributed by atoms with Gasteiger partial charge in [-0.1, -0.05) is 61.9 Å². The van der Waals surface area contributed by atoms with E-state index in [9.17, 15) is 0 Å². The molecule has 0 atom stereocenters. The molecule has 5 nitrogen and oxygen atoms in total. The van der Waals surface area contributed by atoms with Gasteiger partial charge in [-0.2, -0.15) is 9.78 Å². The van der Waals surface area contributed by atoms with E-state index in [1.165, 1.54) is 18.4 Å². The summed E-state index contributed by atoms with van der Waals surface area (Å²) in [6, 6.07) is 18.2. The fraction of sp³-hybridized carbons (Fsp3) is 0.286. The predicted octanol–water partition coefficient (Wildman–Crippen LogP) is 5.02. The summed E-state index contributed by atoms with van der Waals surface area (Å²) >= 11 is 1.61. The van der Waals surface area contributed by atoms with Crippen molar-refractivity contribution in [3.63, 3.8) is 0 Å². The van der Waals surface area contributed by atoms with Gasteiger partial charge >= 0.3 is 0 Å². The lowest BCUT2D eigenvalue weighted by atomic mass is 10.2. The number of thioether (sulfide) groups is 1. The topological polar surface area (TPSA) is 52.3 Å². The van der Waals surface area contributed by atoms with Crippen LogP contribution in [0.15, 0.2) is 71.2 Å². The number of hydrogen-bond acceptors (Lipinski definition) is 5. The molecule has 0 spiro atoms. The van der Waals surface area contributed by atoms with Crippen LogP contribution in [0.3, 0.4) is 0 Å². The van der Waals surface area contributed by atoms with E-state index < -0.39 is 0 Å². The van der Waals surface area contributed by atoms with Crippen LogP contribution < -0.4 is 4.74 Å². The Morgan fingerprint density at radius 3 is 2.67 bits per heavy atom. The van der Waals surface area contributed by atoms with Crippen LogP contribution in [0.2, 0.25) is 0 Å². The Kier molecular flexibility index (Phi) is 7.47. The third-order valence-electron chi connectivity index (χ3n) is 3.94. The molecule has 0 aliphatic carbocycles. The molecule has 0 N–H and O–H groups in total. The Hall–Kier alpha value is -2.60. The summed E-state index contributed by atoms with van der Waals surface area (Å²) in [6.07, 6.45) is 6.92. The van der Waals surface area contributed by atoms with Gasteiger partial charge in [-0.25, -0.2) is 0 Å². The maximum atomic E-state index is 5.73. The molecule has 140 valence electrons. The summed E-state index contributed by atoms with van der Waals surface area (Å²) < 4.78 is 7.43. The van der Waals surface area contributed by atoms with Crippen molar-refractivity contribution in [2.75, 3.05) is 6.61 Å². The largest absolute Gasteiger partial charge is 0.494 e. The van der Waals surface area contributed by atoms with Crippen LogP contribution in [0.1, 0.15) is 37.3 Å². The number of rotatable bonds is 10. The summed E-state index contributed by atoms with van der Waals surface area (Å²) in [5, 5.41) is 13.4. The summed E-state index contributed by atoms with van der Waals surface area (Å²) in [4.78, 5) is 0. The molecule has 0 bridgehead atoms. The average Bonchev–Trinajstić information content (AvgIpc) is 3.17. The van der Waals surface area contributed by atoms with E-state index in [-0.39, 0.29) is 0 Å². The second kappa shape index (κ2) is 10.5. The van der Waals surface area contributed by atoms with E-state index in [0.717, 1.165) is 35.2 Å². The quantitative estimate of drug-likeness (QED) is 0.281. The van der Waals surface area contributed by atoms with E-state index >= 15 is 0 Å². The second-order valence-electron chi connectivity index (χ2n) is 6.10. The van der Waals surface area contributed by atoms with Gasteiger partial charge in [-0.3, -0.25) is 0 Å². The zero-order valence-corrected chi connectivity index (χ0v) is 16.3. The van der Waals surface area contributed by atoms with Crippen LogP contribution in [-0.4, -0.2) is 27.7 Å². The number of ether oxygens (including phenoxy) is 1. The van der Waals surface area contributed by atoms with Crippen molar-refractivity contribution in [2.24, 2.45) is 5.10 Å². The van der Waals surface area contributed by atoms with E-state index in [0.29, 0.717) is 0 Å². The number of benzene rings is 2. The van der Waals surface area contributed by atoms with Crippen LogP contribution in [0.5, 0.6) is 5.75 Å². The lowest BCUT2D eigenvalue weighted by Gasteiger charge is -2.05. The molecule has 3 aromatic rings. The summed E-state index contributed by atoms with van der Waals surface area (Å²) in [6.45, 7) is 2.96. The van der Waals surface area contributed by atoms with Crippen molar-refractivity contribution in [1.82, 2.24) is 14.9 Å². The molecule has 0 aliphatic rings. The molecule has 2 aromatic carbocycles. The van der Waals surface area contributed by atoms with Gasteiger partial charge in [0.2, 0.25) is 5.16 Å². The molecular weight excluding hydrogens is 356 g/mol. The van der Waals surface area contributed by atoms with Crippen LogP contribution in [-0.2, 0) is 5.75 Å². The Balaban J connectivity index is 1.54. The fourth-order valence-corrected chi connectivity index (χ4v) is 3.26. The molecule has 27 heavy (non-hydrogen) atoms. The van der Waals surface area contributed by atoms with Crippen LogP contribution in [0.4, 0.5) is 0 Å². The molecule has 0 aliphatic heterocycles. The van der Waals surface area contributed by atoms with Gasteiger partial charge in [-0.05, 0) is 41.8 Å². The highest BCUT2D eigenvalue weighted by Crippen LogP contribution is 2.20. The van der Waals surface area contributed by atoms with Crippen LogP contribution >= 0.6 is 11.8 Å². The standard InChI is InChI=1S/C21H24N4OS/c1-2-3-7-14-26-20-12-10-18(11-13-20)15-23-25-17-22-24-21(25)27-16-19-8-5-4-6-9-19/h4-6,8-13,15,17H,2-3,7,14,16H2,1H3/b23-15-.